The fraction of sp³-hybridized carbons (Fsp3) is 0.818. The molecule has 7 heteroatoms. The molecule has 0 aliphatic rings. The van der Waals surface area contributed by atoms with Crippen molar-refractivity contribution in [2.24, 2.45) is 0 Å². The second-order valence-electron chi connectivity index (χ2n) is 14.3. The molecule has 296 valence electrons. The van der Waals surface area contributed by atoms with E-state index < -0.39 is 0 Å². The third-order valence-electron chi connectivity index (χ3n) is 9.34. The van der Waals surface area contributed by atoms with Crippen LogP contribution in [0.5, 0.6) is 17.2 Å². The van der Waals surface area contributed by atoms with Gasteiger partial charge in [-0.3, -0.25) is 4.79 Å². The number of hydrogen-bond donors (Lipinski definition) is 0. The molecule has 7 nitrogen and oxygen atoms in total. The highest BCUT2D eigenvalue weighted by Gasteiger charge is 2.20. The van der Waals surface area contributed by atoms with E-state index >= 15 is 0 Å². The van der Waals surface area contributed by atoms with Crippen molar-refractivity contribution in [2.75, 3.05) is 33.0 Å². The molecule has 0 aliphatic carbocycles. The Morgan fingerprint density at radius 1 is 0.412 bits per heavy atom. The van der Waals surface area contributed by atoms with Crippen LogP contribution in [0.4, 0.5) is 0 Å². The number of carbonyl (C=O) groups excluding carboxylic acids is 2. The zero-order chi connectivity index (χ0) is 37.0. The SMILES string of the molecule is CCCCCCCCCOc1cc(C(=O)OCCCCCCCCOC(C)=O)cc(OCCCCCCCCC)c1OCCCCCCCCC. The number of esters is 2. The number of unbranched alkanes of at least 4 members (excludes halogenated alkanes) is 23. The predicted molar refractivity (Wildman–Crippen MR) is 212 cm³/mol. The lowest BCUT2D eigenvalue weighted by Crippen LogP contribution is -2.11. The summed E-state index contributed by atoms with van der Waals surface area (Å²) in [6.07, 6.45) is 31.3. The largest absolute Gasteiger partial charge is 0.490 e. The highest BCUT2D eigenvalue weighted by Crippen LogP contribution is 2.40. The monoisotopic (exact) mass is 719 g/mol. The van der Waals surface area contributed by atoms with Crippen LogP contribution < -0.4 is 14.2 Å². The van der Waals surface area contributed by atoms with E-state index in [-0.39, 0.29) is 11.9 Å². The second-order valence-corrected chi connectivity index (χ2v) is 14.3. The fourth-order valence-electron chi connectivity index (χ4n) is 6.14. The van der Waals surface area contributed by atoms with Gasteiger partial charge < -0.3 is 23.7 Å². The lowest BCUT2D eigenvalue weighted by molar-refractivity contribution is -0.141. The van der Waals surface area contributed by atoms with Gasteiger partial charge in [-0.1, -0.05) is 162 Å². The first-order valence-electron chi connectivity index (χ1n) is 21.4. The zero-order valence-electron chi connectivity index (χ0n) is 33.6. The van der Waals surface area contributed by atoms with Gasteiger partial charge in [0, 0.05) is 6.92 Å². The van der Waals surface area contributed by atoms with Crippen molar-refractivity contribution in [3.05, 3.63) is 17.7 Å². The lowest BCUT2D eigenvalue weighted by Gasteiger charge is -2.19. The summed E-state index contributed by atoms with van der Waals surface area (Å²) in [4.78, 5) is 24.2. The van der Waals surface area contributed by atoms with Gasteiger partial charge in [0.05, 0.1) is 38.6 Å². The van der Waals surface area contributed by atoms with Gasteiger partial charge >= 0.3 is 11.9 Å². The van der Waals surface area contributed by atoms with Crippen molar-refractivity contribution < 1.29 is 33.3 Å². The normalized spacial score (nSPS) is 11.1. The van der Waals surface area contributed by atoms with Gasteiger partial charge in [0.15, 0.2) is 11.5 Å². The average molecular weight is 719 g/mol. The van der Waals surface area contributed by atoms with Crippen molar-refractivity contribution in [3.8, 4) is 17.2 Å². The van der Waals surface area contributed by atoms with Crippen LogP contribution in [0.15, 0.2) is 12.1 Å². The summed E-state index contributed by atoms with van der Waals surface area (Å²) in [6, 6.07) is 3.60. The maximum atomic E-state index is 13.3. The van der Waals surface area contributed by atoms with Gasteiger partial charge in [0.25, 0.3) is 0 Å². The molecule has 0 heterocycles. The van der Waals surface area contributed by atoms with E-state index in [9.17, 15) is 9.59 Å². The number of hydrogen-bond acceptors (Lipinski definition) is 7. The molecule has 0 bridgehead atoms. The smallest absolute Gasteiger partial charge is 0.338 e. The molecule has 0 amide bonds. The van der Waals surface area contributed by atoms with E-state index in [1.165, 1.54) is 103 Å². The summed E-state index contributed by atoms with van der Waals surface area (Å²) in [5, 5.41) is 0. The Bertz CT molecular complexity index is 922. The molecule has 1 aromatic carbocycles. The third kappa shape index (κ3) is 26.9. The molecule has 0 radical (unpaired) electrons. The third-order valence-corrected chi connectivity index (χ3v) is 9.34. The van der Waals surface area contributed by atoms with Gasteiger partial charge in [0.2, 0.25) is 5.75 Å². The Kier molecular flexibility index (Phi) is 31.6. The first-order valence-corrected chi connectivity index (χ1v) is 21.4. The number of ether oxygens (including phenoxy) is 5. The van der Waals surface area contributed by atoms with Crippen LogP contribution in [0.25, 0.3) is 0 Å². The summed E-state index contributed by atoms with van der Waals surface area (Å²) >= 11 is 0. The van der Waals surface area contributed by atoms with Crippen LogP contribution in [0.1, 0.15) is 211 Å². The molecule has 0 aromatic heterocycles. The lowest BCUT2D eigenvalue weighted by atomic mass is 10.1. The number of rotatable bonds is 37. The van der Waals surface area contributed by atoms with Crippen molar-refractivity contribution in [1.29, 1.82) is 0 Å². The standard InChI is InChI=1S/C44H78O7/c1-5-8-11-14-17-23-28-33-48-41-37-40(44(46)51-36-31-26-21-20-22-27-32-47-39(4)45)38-42(49-34-29-24-18-15-12-9-6-2)43(41)50-35-30-25-19-16-13-10-7-3/h37-38H,5-36H2,1-4H3. The van der Waals surface area contributed by atoms with Gasteiger partial charge in [0.1, 0.15) is 0 Å². The summed E-state index contributed by atoms with van der Waals surface area (Å²) in [6.45, 7) is 10.8. The summed E-state index contributed by atoms with van der Waals surface area (Å²) in [5.41, 5.74) is 0.452. The highest BCUT2D eigenvalue weighted by molar-refractivity contribution is 5.91. The molecule has 0 unspecified atom stereocenters. The Morgan fingerprint density at radius 3 is 1.10 bits per heavy atom. The van der Waals surface area contributed by atoms with Crippen molar-refractivity contribution in [3.63, 3.8) is 0 Å². The zero-order valence-corrected chi connectivity index (χ0v) is 33.6. The first kappa shape index (κ1) is 46.6. The topological polar surface area (TPSA) is 80.3 Å². The Balaban J connectivity index is 2.88. The van der Waals surface area contributed by atoms with Gasteiger partial charge in [-0.15, -0.1) is 0 Å². The maximum absolute atomic E-state index is 13.3. The van der Waals surface area contributed by atoms with Crippen LogP contribution >= 0.6 is 0 Å². The molecule has 0 saturated carbocycles. The molecule has 51 heavy (non-hydrogen) atoms. The molecule has 0 saturated heterocycles. The van der Waals surface area contributed by atoms with Crippen LogP contribution in [-0.4, -0.2) is 45.0 Å². The van der Waals surface area contributed by atoms with E-state index in [0.717, 1.165) is 77.0 Å². The van der Waals surface area contributed by atoms with Crippen LogP contribution in [0.2, 0.25) is 0 Å². The van der Waals surface area contributed by atoms with Crippen LogP contribution in [0, 0.1) is 0 Å². The van der Waals surface area contributed by atoms with E-state index in [4.69, 9.17) is 23.7 Å². The van der Waals surface area contributed by atoms with Crippen molar-refractivity contribution in [2.45, 2.75) is 201 Å². The minimum atomic E-state index is -0.350. The average Bonchev–Trinajstić information content (AvgIpc) is 3.12. The summed E-state index contributed by atoms with van der Waals surface area (Å²) < 4.78 is 29.9. The summed E-state index contributed by atoms with van der Waals surface area (Å²) in [7, 11) is 0. The number of benzene rings is 1. The second kappa shape index (κ2) is 34.6. The van der Waals surface area contributed by atoms with Gasteiger partial charge in [-0.25, -0.2) is 4.79 Å². The molecule has 0 spiro atoms. The number of carbonyl (C=O) groups is 2. The van der Waals surface area contributed by atoms with Crippen molar-refractivity contribution in [1.82, 2.24) is 0 Å². The van der Waals surface area contributed by atoms with E-state index in [1.807, 2.05) is 0 Å². The van der Waals surface area contributed by atoms with E-state index in [1.54, 1.807) is 12.1 Å². The first-order chi connectivity index (χ1) is 25.0. The van der Waals surface area contributed by atoms with Crippen LogP contribution in [0.3, 0.4) is 0 Å². The quantitative estimate of drug-likeness (QED) is 0.0500. The van der Waals surface area contributed by atoms with Crippen molar-refractivity contribution >= 4 is 11.9 Å². The maximum Gasteiger partial charge on any atom is 0.338 e. The molecule has 1 rings (SSSR count). The fourth-order valence-corrected chi connectivity index (χ4v) is 6.14. The van der Waals surface area contributed by atoms with E-state index in [2.05, 4.69) is 20.8 Å². The Labute approximate surface area is 313 Å². The molecule has 0 N–H and O–H groups in total. The predicted octanol–water partition coefficient (Wildman–Crippen LogP) is 13.1. The molecule has 0 aliphatic heterocycles. The Morgan fingerprint density at radius 2 is 0.725 bits per heavy atom. The minimum Gasteiger partial charge on any atom is -0.490 e. The van der Waals surface area contributed by atoms with E-state index in [0.29, 0.717) is 55.8 Å². The Hall–Kier alpha value is -2.44. The molecular formula is C44H78O7. The molecular weight excluding hydrogens is 640 g/mol. The van der Waals surface area contributed by atoms with Gasteiger partial charge in [-0.05, 0) is 44.2 Å². The highest BCUT2D eigenvalue weighted by atomic mass is 16.5. The van der Waals surface area contributed by atoms with Gasteiger partial charge in [-0.2, -0.15) is 0 Å². The molecule has 1 aromatic rings. The summed E-state index contributed by atoms with van der Waals surface area (Å²) in [5.74, 6) is 1.22. The minimum absolute atomic E-state index is 0.221. The molecule has 0 atom stereocenters. The molecule has 0 fully saturated rings. The van der Waals surface area contributed by atoms with Crippen LogP contribution in [-0.2, 0) is 14.3 Å².